The van der Waals surface area contributed by atoms with Gasteiger partial charge in [0.1, 0.15) is 35.0 Å². The van der Waals surface area contributed by atoms with E-state index < -0.39 is 28.6 Å². The molecule has 60 heavy (non-hydrogen) atoms. The van der Waals surface area contributed by atoms with Crippen LogP contribution in [-0.2, 0) is 11.2 Å². The number of halogens is 3. The van der Waals surface area contributed by atoms with Gasteiger partial charge in [-0.1, -0.05) is 54.9 Å². The van der Waals surface area contributed by atoms with Crippen molar-refractivity contribution in [3.63, 3.8) is 0 Å². The maximum absolute atomic E-state index is 15.3. The van der Waals surface area contributed by atoms with E-state index in [1.54, 1.807) is 11.2 Å². The Bertz CT molecular complexity index is 2260. The van der Waals surface area contributed by atoms with Gasteiger partial charge >= 0.3 is 0 Å². The zero-order valence-corrected chi connectivity index (χ0v) is 34.9. The molecule has 3 aromatic carbocycles. The van der Waals surface area contributed by atoms with Crippen molar-refractivity contribution in [1.82, 2.24) is 35.0 Å². The molecule has 1 atom stereocenters. The fourth-order valence-corrected chi connectivity index (χ4v) is 9.16. The van der Waals surface area contributed by atoms with Crippen LogP contribution < -0.4 is 16.0 Å². The predicted octanol–water partition coefficient (Wildman–Crippen LogP) is 6.83. The Kier molecular flexibility index (Phi) is 12.8. The highest BCUT2D eigenvalue weighted by Gasteiger charge is 2.39. The van der Waals surface area contributed by atoms with E-state index in [1.165, 1.54) is 12.1 Å². The molecule has 2 amide bonds. The number of fused-ring (bicyclic) bond motifs is 1. The van der Waals surface area contributed by atoms with Crippen LogP contribution >= 0.6 is 11.6 Å². The number of aromatic nitrogens is 3. The fourth-order valence-electron chi connectivity index (χ4n) is 9.04. The van der Waals surface area contributed by atoms with E-state index in [2.05, 4.69) is 35.0 Å². The quantitative estimate of drug-likeness (QED) is 0.125. The number of rotatable bonds is 12. The van der Waals surface area contributed by atoms with Crippen molar-refractivity contribution in [2.24, 2.45) is 11.7 Å². The fraction of sp³-hybridized carbons (Fsp3) is 0.435. The number of carbonyl (C=O) groups excluding carboxylic acids is 2. The van der Waals surface area contributed by atoms with Gasteiger partial charge in [-0.05, 0) is 97.0 Å². The maximum Gasteiger partial charge on any atom is 0.259 e. The Morgan fingerprint density at radius 3 is 2.30 bits per heavy atom. The number of hydrogen-bond acceptors (Lipinski definition) is 8. The van der Waals surface area contributed by atoms with Gasteiger partial charge in [-0.2, -0.15) is 0 Å². The van der Waals surface area contributed by atoms with Gasteiger partial charge in [0.2, 0.25) is 5.91 Å². The molecule has 14 heteroatoms. The minimum atomic E-state index is -1.000. The third-order valence-corrected chi connectivity index (χ3v) is 13.1. The summed E-state index contributed by atoms with van der Waals surface area (Å²) in [5.41, 5.74) is 9.38. The smallest absolute Gasteiger partial charge is 0.259 e. The monoisotopic (exact) mass is 837 g/mol. The first kappa shape index (κ1) is 41.8. The standard InChI is InChI=1S/C46H54ClF2N9O2/c1-2-31-4-3-5-34(26-31)35-27-38(48)41(39(49)28-35)44(59)58-18-11-32(12-19-58)29-56-24-22-55(23-25-56)17-13-40(33-6-8-36(47)9-7-33)54-45(60)46(50)14-20-57(21-15-46)43-37-10-16-51-42(37)52-30-53-43/h3-10,16,26-28,30,32,40H,2,11-15,17-25,29,50H2,1H3,(H,54,60)(H,51,52,53)/t40-/m0/s1. The minimum Gasteiger partial charge on any atom is -0.356 e. The molecule has 3 aliphatic heterocycles. The summed E-state index contributed by atoms with van der Waals surface area (Å²) in [7, 11) is 0. The lowest BCUT2D eigenvalue weighted by Gasteiger charge is -2.40. The summed E-state index contributed by atoms with van der Waals surface area (Å²) < 4.78 is 30.6. The number of nitrogens with one attached hydrogen (secondary N) is 2. The molecule has 8 rings (SSSR count). The number of H-pyrrole nitrogens is 1. The molecule has 0 unspecified atom stereocenters. The van der Waals surface area contributed by atoms with E-state index in [-0.39, 0.29) is 11.9 Å². The van der Waals surface area contributed by atoms with Crippen LogP contribution in [-0.4, -0.2) is 112 Å². The van der Waals surface area contributed by atoms with E-state index in [0.717, 1.165) is 98.5 Å². The summed E-state index contributed by atoms with van der Waals surface area (Å²) >= 11 is 6.25. The molecule has 2 aromatic heterocycles. The van der Waals surface area contributed by atoms with Crippen molar-refractivity contribution in [3.05, 3.63) is 113 Å². The first-order valence-electron chi connectivity index (χ1n) is 21.3. The van der Waals surface area contributed by atoms with E-state index >= 15 is 8.78 Å². The third-order valence-electron chi connectivity index (χ3n) is 12.9. The normalized spacial score (nSPS) is 18.5. The number of hydrogen-bond donors (Lipinski definition) is 3. The van der Waals surface area contributed by atoms with Crippen molar-refractivity contribution >= 4 is 40.3 Å². The summed E-state index contributed by atoms with van der Waals surface area (Å²) in [6, 6.07) is 19.6. The second kappa shape index (κ2) is 18.3. The van der Waals surface area contributed by atoms with Gasteiger partial charge in [0.15, 0.2) is 0 Å². The van der Waals surface area contributed by atoms with Gasteiger partial charge in [-0.15, -0.1) is 0 Å². The number of benzene rings is 3. The molecule has 0 aliphatic carbocycles. The molecule has 0 bridgehead atoms. The predicted molar refractivity (Wildman–Crippen MR) is 232 cm³/mol. The Labute approximate surface area is 355 Å². The summed E-state index contributed by atoms with van der Waals surface area (Å²) in [5.74, 6) is -1.12. The highest BCUT2D eigenvalue weighted by atomic mass is 35.5. The molecule has 5 heterocycles. The summed E-state index contributed by atoms with van der Waals surface area (Å²) in [4.78, 5) is 48.0. The Morgan fingerprint density at radius 1 is 0.900 bits per heavy atom. The molecule has 0 spiro atoms. The Balaban J connectivity index is 0.802. The topological polar surface area (TPSA) is 127 Å². The number of anilines is 1. The lowest BCUT2D eigenvalue weighted by atomic mass is 9.87. The number of aromatic amines is 1. The Hall–Kier alpha value is -4.95. The van der Waals surface area contributed by atoms with Crippen LogP contribution in [0, 0.1) is 17.6 Å². The zero-order valence-electron chi connectivity index (χ0n) is 34.2. The van der Waals surface area contributed by atoms with Crippen molar-refractivity contribution < 1.29 is 18.4 Å². The minimum absolute atomic E-state index is 0.143. The first-order valence-corrected chi connectivity index (χ1v) is 21.7. The van der Waals surface area contributed by atoms with Crippen molar-refractivity contribution in [1.29, 1.82) is 0 Å². The zero-order chi connectivity index (χ0) is 41.8. The van der Waals surface area contributed by atoms with Crippen LogP contribution in [0.15, 0.2) is 79.3 Å². The van der Waals surface area contributed by atoms with Crippen LogP contribution in [0.2, 0.25) is 5.02 Å². The largest absolute Gasteiger partial charge is 0.356 e. The number of nitrogens with two attached hydrogens (primary N) is 1. The van der Waals surface area contributed by atoms with Crippen LogP contribution in [0.4, 0.5) is 14.6 Å². The van der Waals surface area contributed by atoms with Gasteiger partial charge in [-0.3, -0.25) is 9.59 Å². The van der Waals surface area contributed by atoms with E-state index in [4.69, 9.17) is 17.3 Å². The van der Waals surface area contributed by atoms with Crippen molar-refractivity contribution in [2.45, 2.75) is 57.0 Å². The van der Waals surface area contributed by atoms with Gasteiger partial charge in [0, 0.05) is 76.7 Å². The third kappa shape index (κ3) is 9.34. The maximum atomic E-state index is 15.3. The highest BCUT2D eigenvalue weighted by molar-refractivity contribution is 6.30. The van der Waals surface area contributed by atoms with Crippen LogP contribution in [0.5, 0.6) is 0 Å². The molecule has 11 nitrogen and oxygen atoms in total. The van der Waals surface area contributed by atoms with E-state index in [9.17, 15) is 9.59 Å². The summed E-state index contributed by atoms with van der Waals surface area (Å²) in [5, 5.41) is 4.92. The SMILES string of the molecule is CCc1cccc(-c2cc(F)c(C(=O)N3CCC(CN4CCN(CC[C@H](NC(=O)C5(N)CCN(c6ncnc7[nH]ccc67)CC5)c5ccc(Cl)cc5)CC4)CC3)c(F)c2)c1. The van der Waals surface area contributed by atoms with E-state index in [0.29, 0.717) is 55.5 Å². The molecule has 5 aromatic rings. The average Bonchev–Trinajstić information content (AvgIpc) is 3.76. The van der Waals surface area contributed by atoms with Crippen molar-refractivity contribution in [2.75, 3.05) is 70.3 Å². The molecule has 0 saturated carbocycles. The molecule has 3 fully saturated rings. The lowest BCUT2D eigenvalue weighted by molar-refractivity contribution is -0.128. The average molecular weight is 838 g/mol. The van der Waals surface area contributed by atoms with Gasteiger partial charge in [-0.25, -0.2) is 18.7 Å². The van der Waals surface area contributed by atoms with Crippen molar-refractivity contribution in [3.8, 4) is 11.1 Å². The van der Waals surface area contributed by atoms with E-state index in [1.807, 2.05) is 67.7 Å². The highest BCUT2D eigenvalue weighted by Crippen LogP contribution is 2.31. The molecule has 3 saturated heterocycles. The van der Waals surface area contributed by atoms with Gasteiger partial charge in [0.05, 0.1) is 17.0 Å². The number of amides is 2. The number of aryl methyl sites for hydroxylation is 1. The second-order valence-electron chi connectivity index (χ2n) is 16.7. The number of nitrogens with zero attached hydrogens (tertiary/aromatic N) is 6. The number of carbonyl (C=O) groups is 2. The van der Waals surface area contributed by atoms with Crippen LogP contribution in [0.3, 0.4) is 0 Å². The number of likely N-dealkylation sites (tertiary alicyclic amines) is 1. The second-order valence-corrected chi connectivity index (χ2v) is 17.1. The number of piperazine rings is 1. The molecular weight excluding hydrogens is 784 g/mol. The molecule has 316 valence electrons. The van der Waals surface area contributed by atoms with Crippen LogP contribution in [0.25, 0.3) is 22.2 Å². The number of piperidine rings is 2. The Morgan fingerprint density at radius 2 is 1.60 bits per heavy atom. The van der Waals surface area contributed by atoms with Crippen LogP contribution in [0.1, 0.15) is 66.6 Å². The summed E-state index contributed by atoms with van der Waals surface area (Å²) in [6.45, 7) is 9.59. The summed E-state index contributed by atoms with van der Waals surface area (Å²) in [6.07, 6.45) is 7.53. The molecule has 3 aliphatic rings. The molecule has 0 radical (unpaired) electrons. The van der Waals surface area contributed by atoms with Gasteiger partial charge < -0.3 is 35.6 Å². The van der Waals surface area contributed by atoms with Gasteiger partial charge in [0.25, 0.3) is 5.91 Å². The molecular formula is C46H54ClF2N9O2. The first-order chi connectivity index (χ1) is 29.1. The molecule has 4 N–H and O–H groups in total. The lowest BCUT2D eigenvalue weighted by Crippen LogP contribution is -2.60.